The van der Waals surface area contributed by atoms with Crippen LogP contribution in [0.5, 0.6) is 0 Å². The summed E-state index contributed by atoms with van der Waals surface area (Å²) in [7, 11) is 0. The van der Waals surface area contributed by atoms with Crippen molar-refractivity contribution in [2.75, 3.05) is 0 Å². The van der Waals surface area contributed by atoms with E-state index in [0.717, 1.165) is 17.9 Å². The standard InChI is InChI=1S/C24H16BrN.C18H12BrN.C6H4Br2.FH/c25-19-13-10-17(11-14-19)18-12-15-24-22(16-18)21-8-4-5-9-23(21)26(24)20-6-2-1-3-7-20;19-13-10-11-18-16(12-13)15-8-4-5-9-17(15)20(18)14-6-2-1-3-7-14;7-5-1-2-6(8)4-3-5;/h1-16H;1-12H;1-4H;1H. The van der Waals surface area contributed by atoms with Gasteiger partial charge in [0.25, 0.3) is 0 Å². The van der Waals surface area contributed by atoms with E-state index in [1.165, 1.54) is 66.1 Å². The van der Waals surface area contributed by atoms with Crippen LogP contribution in [0.1, 0.15) is 0 Å². The highest BCUT2D eigenvalue weighted by molar-refractivity contribution is 9.11. The van der Waals surface area contributed by atoms with Crippen LogP contribution in [0.15, 0.2) is 212 Å². The zero-order valence-electron chi connectivity index (χ0n) is 29.3. The van der Waals surface area contributed by atoms with Gasteiger partial charge in [0, 0.05) is 50.8 Å². The molecule has 0 N–H and O–H groups in total. The van der Waals surface area contributed by atoms with Crippen molar-refractivity contribution >= 4 is 107 Å². The molecule has 55 heavy (non-hydrogen) atoms. The van der Waals surface area contributed by atoms with E-state index < -0.39 is 0 Å². The van der Waals surface area contributed by atoms with Crippen molar-refractivity contribution < 1.29 is 4.70 Å². The van der Waals surface area contributed by atoms with Crippen molar-refractivity contribution in [3.05, 3.63) is 212 Å². The highest BCUT2D eigenvalue weighted by Crippen LogP contribution is 2.36. The number of halogens is 5. The molecule has 8 aromatic carbocycles. The molecular formula is C48H33Br4FN2. The fraction of sp³-hybridized carbons (Fsp3) is 0. The van der Waals surface area contributed by atoms with Gasteiger partial charge in [0.05, 0.1) is 22.1 Å². The molecular weight excluding hydrogens is 943 g/mol. The molecule has 7 heteroatoms. The van der Waals surface area contributed by atoms with Gasteiger partial charge in [-0.1, -0.05) is 155 Å². The van der Waals surface area contributed by atoms with E-state index in [-0.39, 0.29) is 4.70 Å². The summed E-state index contributed by atoms with van der Waals surface area (Å²) in [5.74, 6) is 0. The minimum Gasteiger partial charge on any atom is -0.309 e. The molecule has 0 aliphatic heterocycles. The molecule has 2 nitrogen and oxygen atoms in total. The summed E-state index contributed by atoms with van der Waals surface area (Å²) in [6.45, 7) is 0. The highest BCUT2D eigenvalue weighted by Gasteiger charge is 2.13. The third-order valence-corrected chi connectivity index (χ3v) is 11.4. The molecule has 0 saturated heterocycles. The quantitative estimate of drug-likeness (QED) is 0.167. The molecule has 0 saturated carbocycles. The summed E-state index contributed by atoms with van der Waals surface area (Å²) < 4.78 is 9.10. The first-order valence-electron chi connectivity index (χ1n) is 17.4. The molecule has 0 bridgehead atoms. The van der Waals surface area contributed by atoms with E-state index in [0.29, 0.717) is 0 Å². The van der Waals surface area contributed by atoms with Gasteiger partial charge in [-0.2, -0.15) is 0 Å². The Morgan fingerprint density at radius 2 is 0.618 bits per heavy atom. The Morgan fingerprint density at radius 3 is 1.11 bits per heavy atom. The van der Waals surface area contributed by atoms with Crippen LogP contribution < -0.4 is 0 Å². The maximum Gasteiger partial charge on any atom is 0.0541 e. The van der Waals surface area contributed by atoms with Crippen LogP contribution in [-0.4, -0.2) is 9.13 Å². The molecule has 10 rings (SSSR count). The average molecular weight is 976 g/mol. The van der Waals surface area contributed by atoms with Gasteiger partial charge in [-0.05, 0) is 114 Å². The molecule has 0 fully saturated rings. The van der Waals surface area contributed by atoms with E-state index in [9.17, 15) is 0 Å². The zero-order chi connectivity index (χ0) is 37.0. The van der Waals surface area contributed by atoms with Crippen LogP contribution in [0, 0.1) is 0 Å². The lowest BCUT2D eigenvalue weighted by Gasteiger charge is -2.08. The van der Waals surface area contributed by atoms with Crippen LogP contribution in [0.3, 0.4) is 0 Å². The fourth-order valence-electron chi connectivity index (χ4n) is 6.88. The first-order chi connectivity index (χ1) is 26.4. The van der Waals surface area contributed by atoms with Gasteiger partial charge in [0.1, 0.15) is 0 Å². The molecule has 0 unspecified atom stereocenters. The Morgan fingerprint density at radius 1 is 0.273 bits per heavy atom. The predicted molar refractivity (Wildman–Crippen MR) is 247 cm³/mol. The number of fused-ring (bicyclic) bond motifs is 6. The Bertz CT molecular complexity index is 2830. The number of para-hydroxylation sites is 4. The number of benzene rings is 8. The lowest BCUT2D eigenvalue weighted by atomic mass is 10.0. The number of aromatic nitrogens is 2. The Labute approximate surface area is 352 Å². The van der Waals surface area contributed by atoms with Gasteiger partial charge in [0.2, 0.25) is 0 Å². The van der Waals surface area contributed by atoms with Crippen LogP contribution in [0.25, 0.3) is 66.1 Å². The number of nitrogens with zero attached hydrogens (tertiary/aromatic N) is 2. The number of hydrogen-bond donors (Lipinski definition) is 0. The Balaban J connectivity index is 0.000000142. The van der Waals surface area contributed by atoms with E-state index in [4.69, 9.17) is 0 Å². The summed E-state index contributed by atoms with van der Waals surface area (Å²) in [5, 5.41) is 5.13. The van der Waals surface area contributed by atoms with Crippen molar-refractivity contribution in [1.82, 2.24) is 9.13 Å². The van der Waals surface area contributed by atoms with Crippen LogP contribution in [0.4, 0.5) is 4.70 Å². The second-order valence-corrected chi connectivity index (χ2v) is 16.4. The monoisotopic (exact) mass is 972 g/mol. The van der Waals surface area contributed by atoms with Gasteiger partial charge >= 0.3 is 0 Å². The lowest BCUT2D eigenvalue weighted by molar-refractivity contribution is 1.11. The third-order valence-electron chi connectivity index (χ3n) is 9.32. The normalized spacial score (nSPS) is 10.8. The summed E-state index contributed by atoms with van der Waals surface area (Å²) in [5.41, 5.74) is 9.80. The number of rotatable bonds is 3. The maximum absolute atomic E-state index is 3.57. The first kappa shape index (κ1) is 38.5. The van der Waals surface area contributed by atoms with Crippen molar-refractivity contribution in [2.24, 2.45) is 0 Å². The summed E-state index contributed by atoms with van der Waals surface area (Å²) in [6, 6.07) is 67.9. The molecule has 0 aliphatic rings. The molecule has 0 amide bonds. The van der Waals surface area contributed by atoms with Gasteiger partial charge in [-0.15, -0.1) is 0 Å². The van der Waals surface area contributed by atoms with E-state index in [1.807, 2.05) is 30.3 Å². The van der Waals surface area contributed by atoms with Crippen molar-refractivity contribution in [3.8, 4) is 22.5 Å². The third kappa shape index (κ3) is 8.26. The molecule has 0 atom stereocenters. The second-order valence-electron chi connectivity index (χ2n) is 12.7. The number of hydrogen-bond acceptors (Lipinski definition) is 0. The smallest absolute Gasteiger partial charge is 0.0541 e. The Hall–Kier alpha value is -4.79. The van der Waals surface area contributed by atoms with E-state index in [1.54, 1.807) is 0 Å². The first-order valence-corrected chi connectivity index (χ1v) is 20.6. The molecule has 0 spiro atoms. The molecule has 10 aromatic rings. The summed E-state index contributed by atoms with van der Waals surface area (Å²) in [4.78, 5) is 0. The van der Waals surface area contributed by atoms with Gasteiger partial charge in [-0.3, -0.25) is 4.70 Å². The minimum atomic E-state index is 0. The molecule has 270 valence electrons. The highest BCUT2D eigenvalue weighted by atomic mass is 79.9. The predicted octanol–water partition coefficient (Wildman–Crippen LogP) is 16.1. The summed E-state index contributed by atoms with van der Waals surface area (Å²) >= 11 is 13.7. The van der Waals surface area contributed by atoms with Crippen molar-refractivity contribution in [1.29, 1.82) is 0 Å². The molecule has 0 aliphatic carbocycles. The SMILES string of the molecule is Brc1ccc(-c2ccc3c(c2)c2ccccc2n3-c2ccccc2)cc1.Brc1ccc(Br)cc1.Brc1ccc2c(c1)c1ccccc1n2-c1ccccc1.F. The van der Waals surface area contributed by atoms with Crippen molar-refractivity contribution in [3.63, 3.8) is 0 Å². The van der Waals surface area contributed by atoms with E-state index in [2.05, 4.69) is 237 Å². The topological polar surface area (TPSA) is 9.86 Å². The second kappa shape index (κ2) is 17.3. The van der Waals surface area contributed by atoms with Crippen LogP contribution in [0.2, 0.25) is 0 Å². The maximum atomic E-state index is 3.57. The zero-order valence-corrected chi connectivity index (χ0v) is 35.6. The van der Waals surface area contributed by atoms with Gasteiger partial charge < -0.3 is 9.13 Å². The van der Waals surface area contributed by atoms with E-state index >= 15 is 0 Å². The fourth-order valence-corrected chi connectivity index (χ4v) is 8.03. The van der Waals surface area contributed by atoms with Crippen LogP contribution >= 0.6 is 63.7 Å². The van der Waals surface area contributed by atoms with Gasteiger partial charge in [0.15, 0.2) is 0 Å². The van der Waals surface area contributed by atoms with Crippen LogP contribution in [-0.2, 0) is 0 Å². The Kier molecular flexibility index (Phi) is 12.1. The molecule has 2 heterocycles. The van der Waals surface area contributed by atoms with Crippen molar-refractivity contribution in [2.45, 2.75) is 0 Å². The van der Waals surface area contributed by atoms with Gasteiger partial charge in [-0.25, -0.2) is 0 Å². The molecule has 0 radical (unpaired) electrons. The largest absolute Gasteiger partial charge is 0.309 e. The summed E-state index contributed by atoms with van der Waals surface area (Å²) in [6.07, 6.45) is 0. The average Bonchev–Trinajstić information content (AvgIpc) is 3.73. The minimum absolute atomic E-state index is 0. The lowest BCUT2D eigenvalue weighted by Crippen LogP contribution is -1.92. The molecule has 2 aromatic heterocycles.